The summed E-state index contributed by atoms with van der Waals surface area (Å²) in [6, 6.07) is 9.54. The van der Waals surface area contributed by atoms with Crippen molar-refractivity contribution in [1.82, 2.24) is 10.3 Å². The summed E-state index contributed by atoms with van der Waals surface area (Å²) in [7, 11) is 0. The van der Waals surface area contributed by atoms with Gasteiger partial charge in [0.05, 0.1) is 0 Å². The number of likely N-dealkylation sites (N-methyl/N-ethyl adjacent to an activating group) is 1. The number of anilines is 1. The highest BCUT2D eigenvalue weighted by Gasteiger charge is 2.30. The van der Waals surface area contributed by atoms with E-state index in [0.717, 1.165) is 32.2 Å². The molecule has 108 valence electrons. The van der Waals surface area contributed by atoms with Crippen molar-refractivity contribution in [2.45, 2.75) is 22.9 Å². The van der Waals surface area contributed by atoms with Crippen LogP contribution >= 0.6 is 27.7 Å². The minimum atomic E-state index is -0.268. The third-order valence-corrected chi connectivity index (χ3v) is 5.12. The van der Waals surface area contributed by atoms with Gasteiger partial charge < -0.3 is 10.6 Å². The van der Waals surface area contributed by atoms with Gasteiger partial charge in [-0.2, -0.15) is 0 Å². The Morgan fingerprint density at radius 1 is 1.43 bits per heavy atom. The first-order valence-corrected chi connectivity index (χ1v) is 8.26. The molecule has 1 atom stereocenters. The fourth-order valence-electron chi connectivity index (χ4n) is 2.27. The van der Waals surface area contributed by atoms with E-state index >= 15 is 0 Å². The van der Waals surface area contributed by atoms with Crippen molar-refractivity contribution in [3.8, 4) is 0 Å². The smallest absolute Gasteiger partial charge is 0.246 e. The van der Waals surface area contributed by atoms with Gasteiger partial charge in [-0.1, -0.05) is 24.8 Å². The standard InChI is InChI=1S/C15H14BrN3OS/c1-2-17-14-9-7-10(16)12(8-11(9)19-15(14)20)21-13-5-3-4-6-18-13/h3-8,14,17H,2H2,1H3,(H,19,20). The highest BCUT2D eigenvalue weighted by atomic mass is 79.9. The predicted molar refractivity (Wildman–Crippen MR) is 87.5 cm³/mol. The van der Waals surface area contributed by atoms with E-state index in [2.05, 4.69) is 31.5 Å². The normalized spacial score (nSPS) is 16.7. The Kier molecular flexibility index (Phi) is 4.28. The Morgan fingerprint density at radius 3 is 3.00 bits per heavy atom. The van der Waals surface area contributed by atoms with Crippen LogP contribution in [0.5, 0.6) is 0 Å². The average Bonchev–Trinajstić information content (AvgIpc) is 2.77. The zero-order valence-corrected chi connectivity index (χ0v) is 13.8. The van der Waals surface area contributed by atoms with Crippen LogP contribution in [0.25, 0.3) is 0 Å². The van der Waals surface area contributed by atoms with E-state index < -0.39 is 0 Å². The second-order valence-corrected chi connectivity index (χ2v) is 6.54. The quantitative estimate of drug-likeness (QED) is 0.871. The molecule has 1 aromatic heterocycles. The Labute approximate surface area is 135 Å². The van der Waals surface area contributed by atoms with E-state index in [9.17, 15) is 4.79 Å². The molecular formula is C15H14BrN3OS. The molecule has 21 heavy (non-hydrogen) atoms. The average molecular weight is 364 g/mol. The van der Waals surface area contributed by atoms with Crippen LogP contribution in [0, 0.1) is 0 Å². The number of rotatable bonds is 4. The Balaban J connectivity index is 1.92. The molecule has 1 unspecified atom stereocenters. The molecule has 0 bridgehead atoms. The van der Waals surface area contributed by atoms with Gasteiger partial charge in [0, 0.05) is 26.8 Å². The molecule has 1 amide bonds. The van der Waals surface area contributed by atoms with E-state index in [0.29, 0.717) is 0 Å². The van der Waals surface area contributed by atoms with Crippen molar-refractivity contribution in [3.05, 3.63) is 46.6 Å². The number of amides is 1. The number of carbonyl (C=O) groups excluding carboxylic acids is 1. The largest absolute Gasteiger partial charge is 0.324 e. The first-order chi connectivity index (χ1) is 10.2. The second kappa shape index (κ2) is 6.17. The SMILES string of the molecule is CCNC1C(=O)Nc2cc(Sc3ccccn3)c(Br)cc21. The molecule has 0 saturated heterocycles. The van der Waals surface area contributed by atoms with Crippen LogP contribution in [-0.4, -0.2) is 17.4 Å². The van der Waals surface area contributed by atoms with Gasteiger partial charge in [-0.3, -0.25) is 4.79 Å². The molecule has 2 heterocycles. The van der Waals surface area contributed by atoms with E-state index in [1.165, 1.54) is 0 Å². The fourth-order valence-corrected chi connectivity index (χ4v) is 3.69. The monoisotopic (exact) mass is 363 g/mol. The van der Waals surface area contributed by atoms with Crippen molar-refractivity contribution in [1.29, 1.82) is 0 Å². The summed E-state index contributed by atoms with van der Waals surface area (Å²) in [6.07, 6.45) is 1.77. The number of aromatic nitrogens is 1. The summed E-state index contributed by atoms with van der Waals surface area (Å²) in [4.78, 5) is 17.3. The maximum Gasteiger partial charge on any atom is 0.246 e. The number of fused-ring (bicyclic) bond motifs is 1. The molecule has 0 fully saturated rings. The van der Waals surface area contributed by atoms with Gasteiger partial charge in [-0.05, 0) is 46.7 Å². The van der Waals surface area contributed by atoms with Gasteiger partial charge in [0.2, 0.25) is 5.91 Å². The van der Waals surface area contributed by atoms with Crippen molar-refractivity contribution in [2.75, 3.05) is 11.9 Å². The summed E-state index contributed by atoms with van der Waals surface area (Å²) in [5, 5.41) is 7.05. The minimum absolute atomic E-state index is 0.00117. The molecule has 0 radical (unpaired) electrons. The van der Waals surface area contributed by atoms with Crippen LogP contribution in [0.1, 0.15) is 18.5 Å². The Hall–Kier alpha value is -1.37. The highest BCUT2D eigenvalue weighted by Crippen LogP contribution is 2.40. The summed E-state index contributed by atoms with van der Waals surface area (Å²) >= 11 is 5.16. The lowest BCUT2D eigenvalue weighted by Gasteiger charge is -2.11. The number of nitrogens with zero attached hydrogens (tertiary/aromatic N) is 1. The second-order valence-electron chi connectivity index (χ2n) is 4.62. The van der Waals surface area contributed by atoms with Crippen molar-refractivity contribution >= 4 is 39.3 Å². The number of halogens is 1. The first kappa shape index (κ1) is 14.6. The van der Waals surface area contributed by atoms with Gasteiger partial charge in [0.15, 0.2) is 0 Å². The molecule has 3 rings (SSSR count). The number of nitrogens with one attached hydrogen (secondary N) is 2. The van der Waals surface area contributed by atoms with E-state index in [4.69, 9.17) is 0 Å². The summed E-state index contributed by atoms with van der Waals surface area (Å²) in [5.41, 5.74) is 1.85. The number of benzene rings is 1. The molecule has 1 aromatic carbocycles. The molecule has 1 aliphatic heterocycles. The molecule has 2 aromatic rings. The summed E-state index contributed by atoms with van der Waals surface area (Å²) < 4.78 is 0.969. The number of pyridine rings is 1. The Morgan fingerprint density at radius 2 is 2.29 bits per heavy atom. The molecule has 1 aliphatic rings. The number of carbonyl (C=O) groups is 1. The van der Waals surface area contributed by atoms with Crippen LogP contribution in [0.15, 0.2) is 50.9 Å². The first-order valence-electron chi connectivity index (χ1n) is 6.65. The van der Waals surface area contributed by atoms with Gasteiger partial charge in [-0.15, -0.1) is 0 Å². The van der Waals surface area contributed by atoms with Gasteiger partial charge in [0.25, 0.3) is 0 Å². The molecule has 0 spiro atoms. The zero-order chi connectivity index (χ0) is 14.8. The maximum atomic E-state index is 12.0. The summed E-state index contributed by atoms with van der Waals surface area (Å²) in [6.45, 7) is 2.74. The molecule has 6 heteroatoms. The van der Waals surface area contributed by atoms with Crippen molar-refractivity contribution in [3.63, 3.8) is 0 Å². The topological polar surface area (TPSA) is 54.0 Å². The van der Waals surface area contributed by atoms with E-state index in [1.807, 2.05) is 37.3 Å². The van der Waals surface area contributed by atoms with E-state index in [1.54, 1.807) is 18.0 Å². The number of hydrogen-bond acceptors (Lipinski definition) is 4. The molecule has 0 saturated carbocycles. The molecular weight excluding hydrogens is 350 g/mol. The Bertz CT molecular complexity index is 678. The van der Waals surface area contributed by atoms with Crippen LogP contribution in [0.4, 0.5) is 5.69 Å². The highest BCUT2D eigenvalue weighted by molar-refractivity contribution is 9.10. The van der Waals surface area contributed by atoms with Crippen LogP contribution in [-0.2, 0) is 4.79 Å². The molecule has 0 aliphatic carbocycles. The minimum Gasteiger partial charge on any atom is -0.324 e. The van der Waals surface area contributed by atoms with Gasteiger partial charge in [0.1, 0.15) is 11.1 Å². The zero-order valence-electron chi connectivity index (χ0n) is 11.4. The predicted octanol–water partition coefficient (Wildman–Crippen LogP) is 3.60. The van der Waals surface area contributed by atoms with Crippen LogP contribution in [0.3, 0.4) is 0 Å². The lowest BCUT2D eigenvalue weighted by Crippen LogP contribution is -2.27. The molecule has 2 N–H and O–H groups in total. The lowest BCUT2D eigenvalue weighted by molar-refractivity contribution is -0.117. The fraction of sp³-hybridized carbons (Fsp3) is 0.200. The van der Waals surface area contributed by atoms with Crippen LogP contribution < -0.4 is 10.6 Å². The van der Waals surface area contributed by atoms with Crippen molar-refractivity contribution in [2.24, 2.45) is 0 Å². The molecule has 4 nitrogen and oxygen atoms in total. The third-order valence-electron chi connectivity index (χ3n) is 3.20. The van der Waals surface area contributed by atoms with Gasteiger partial charge >= 0.3 is 0 Å². The summed E-state index contributed by atoms with van der Waals surface area (Å²) in [5.74, 6) is -0.00117. The van der Waals surface area contributed by atoms with E-state index in [-0.39, 0.29) is 11.9 Å². The van der Waals surface area contributed by atoms with Crippen molar-refractivity contribution < 1.29 is 4.79 Å². The third kappa shape index (κ3) is 2.97. The maximum absolute atomic E-state index is 12.0. The van der Waals surface area contributed by atoms with Crippen LogP contribution in [0.2, 0.25) is 0 Å². The van der Waals surface area contributed by atoms with Gasteiger partial charge in [-0.25, -0.2) is 4.98 Å². The lowest BCUT2D eigenvalue weighted by atomic mass is 10.1. The number of hydrogen-bond donors (Lipinski definition) is 2.